The fourth-order valence-corrected chi connectivity index (χ4v) is 5.45. The smallest absolute Gasteiger partial charge is 0.407 e. The van der Waals surface area contributed by atoms with Crippen molar-refractivity contribution in [2.24, 2.45) is 11.8 Å². The Morgan fingerprint density at radius 3 is 2.08 bits per heavy atom. The zero-order chi connectivity index (χ0) is 28.2. The van der Waals surface area contributed by atoms with Crippen LogP contribution in [0.5, 0.6) is 0 Å². The summed E-state index contributed by atoms with van der Waals surface area (Å²) in [5.41, 5.74) is 5.41. The molecule has 2 aliphatic rings. The second kappa shape index (κ2) is 11.9. The lowest BCUT2D eigenvalue weighted by Gasteiger charge is -2.43. The van der Waals surface area contributed by atoms with E-state index in [1.807, 2.05) is 66.7 Å². The fourth-order valence-electron chi connectivity index (χ4n) is 5.45. The number of carboxylic acid groups (broad SMARTS) is 1. The first-order chi connectivity index (χ1) is 19.3. The molecule has 3 unspecified atom stereocenters. The number of aliphatic carboxylic acids is 1. The lowest BCUT2D eigenvalue weighted by atomic mass is 9.86. The van der Waals surface area contributed by atoms with Crippen LogP contribution in [0.25, 0.3) is 11.1 Å². The Morgan fingerprint density at radius 2 is 1.48 bits per heavy atom. The molecular formula is C32H34N2O6. The van der Waals surface area contributed by atoms with Crippen LogP contribution in [0.15, 0.2) is 78.9 Å². The second-order valence-electron chi connectivity index (χ2n) is 10.6. The van der Waals surface area contributed by atoms with Crippen LogP contribution < -0.4 is 5.32 Å². The van der Waals surface area contributed by atoms with Crippen LogP contribution in [0.4, 0.5) is 4.79 Å². The summed E-state index contributed by atoms with van der Waals surface area (Å²) in [6.07, 6.45) is -1.35. The van der Waals surface area contributed by atoms with Crippen molar-refractivity contribution in [1.82, 2.24) is 10.2 Å². The number of carbonyl (C=O) groups excluding carboxylic acids is 2. The number of carbonyl (C=O) groups is 3. The van der Waals surface area contributed by atoms with E-state index in [-0.39, 0.29) is 31.0 Å². The number of hydrogen-bond donors (Lipinski definition) is 2. The fraction of sp³-hybridized carbons (Fsp3) is 0.344. The lowest BCUT2D eigenvalue weighted by Crippen LogP contribution is -2.61. The van der Waals surface area contributed by atoms with Gasteiger partial charge in [-0.1, -0.05) is 85.8 Å². The predicted octanol–water partition coefficient (Wildman–Crippen LogP) is 4.68. The molecule has 1 aliphatic carbocycles. The number of amides is 2. The Bertz CT molecular complexity index is 1330. The summed E-state index contributed by atoms with van der Waals surface area (Å²) in [7, 11) is 0. The van der Waals surface area contributed by atoms with Gasteiger partial charge in [0.2, 0.25) is 5.91 Å². The first-order valence-electron chi connectivity index (χ1n) is 13.6. The minimum absolute atomic E-state index is 0.104. The largest absolute Gasteiger partial charge is 0.481 e. The first kappa shape index (κ1) is 27.4. The van der Waals surface area contributed by atoms with Gasteiger partial charge in [0.15, 0.2) is 0 Å². The highest BCUT2D eigenvalue weighted by Gasteiger charge is 2.41. The molecular weight excluding hydrogens is 508 g/mol. The van der Waals surface area contributed by atoms with E-state index in [0.717, 1.165) is 27.8 Å². The van der Waals surface area contributed by atoms with Gasteiger partial charge in [-0.3, -0.25) is 9.59 Å². The lowest BCUT2D eigenvalue weighted by molar-refractivity contribution is -0.153. The zero-order valence-electron chi connectivity index (χ0n) is 22.7. The summed E-state index contributed by atoms with van der Waals surface area (Å²) >= 11 is 0. The zero-order valence-corrected chi connectivity index (χ0v) is 22.7. The number of hydrogen-bond acceptors (Lipinski definition) is 5. The van der Waals surface area contributed by atoms with Crippen LogP contribution in [0.1, 0.15) is 36.5 Å². The molecule has 1 heterocycles. The Morgan fingerprint density at radius 1 is 0.900 bits per heavy atom. The van der Waals surface area contributed by atoms with Crippen molar-refractivity contribution in [2.75, 3.05) is 19.7 Å². The Kier molecular flexibility index (Phi) is 8.16. The van der Waals surface area contributed by atoms with Crippen LogP contribution in [-0.4, -0.2) is 59.8 Å². The van der Waals surface area contributed by atoms with Gasteiger partial charge in [0.25, 0.3) is 0 Å². The molecule has 0 saturated carbocycles. The minimum Gasteiger partial charge on any atom is -0.481 e. The van der Waals surface area contributed by atoms with Gasteiger partial charge in [0.05, 0.1) is 18.6 Å². The molecule has 1 saturated heterocycles. The van der Waals surface area contributed by atoms with Gasteiger partial charge < -0.3 is 24.8 Å². The van der Waals surface area contributed by atoms with Gasteiger partial charge in [-0.2, -0.15) is 0 Å². The Labute approximate surface area is 233 Å². The van der Waals surface area contributed by atoms with E-state index in [4.69, 9.17) is 9.47 Å². The maximum absolute atomic E-state index is 13.5. The average molecular weight is 543 g/mol. The van der Waals surface area contributed by atoms with E-state index in [2.05, 4.69) is 17.4 Å². The van der Waals surface area contributed by atoms with E-state index in [0.29, 0.717) is 13.1 Å². The second-order valence-corrected chi connectivity index (χ2v) is 10.6. The Hall–Kier alpha value is -4.17. The van der Waals surface area contributed by atoms with Crippen molar-refractivity contribution in [1.29, 1.82) is 0 Å². The number of alkyl carbamates (subject to hydrolysis) is 1. The normalized spacial score (nSPS) is 16.7. The van der Waals surface area contributed by atoms with Crippen molar-refractivity contribution in [3.05, 3.63) is 95.6 Å². The monoisotopic (exact) mass is 542 g/mol. The van der Waals surface area contributed by atoms with Gasteiger partial charge >= 0.3 is 12.1 Å². The first-order valence-corrected chi connectivity index (χ1v) is 13.6. The van der Waals surface area contributed by atoms with Gasteiger partial charge in [0.1, 0.15) is 12.6 Å². The third-order valence-electron chi connectivity index (χ3n) is 8.03. The summed E-state index contributed by atoms with van der Waals surface area (Å²) in [4.78, 5) is 39.5. The number of fused-ring (bicyclic) bond motifs is 3. The molecule has 0 spiro atoms. The molecule has 8 heteroatoms. The molecule has 1 fully saturated rings. The number of nitrogens with zero attached hydrogens (tertiary/aromatic N) is 1. The van der Waals surface area contributed by atoms with Crippen molar-refractivity contribution in [3.63, 3.8) is 0 Å². The summed E-state index contributed by atoms with van der Waals surface area (Å²) < 4.78 is 11.7. The number of benzene rings is 3. The summed E-state index contributed by atoms with van der Waals surface area (Å²) in [5.74, 6) is -1.98. The molecule has 8 nitrogen and oxygen atoms in total. The molecule has 0 radical (unpaired) electrons. The van der Waals surface area contributed by atoms with Crippen molar-refractivity contribution in [2.45, 2.75) is 38.5 Å². The molecule has 3 aromatic rings. The van der Waals surface area contributed by atoms with Crippen LogP contribution in [0, 0.1) is 11.8 Å². The van der Waals surface area contributed by atoms with Gasteiger partial charge in [-0.15, -0.1) is 0 Å². The van der Waals surface area contributed by atoms with Crippen LogP contribution >= 0.6 is 0 Å². The average Bonchev–Trinajstić information content (AvgIpc) is 3.26. The molecule has 1 aliphatic heterocycles. The third kappa shape index (κ3) is 5.72. The van der Waals surface area contributed by atoms with Gasteiger partial charge in [-0.25, -0.2) is 4.79 Å². The minimum atomic E-state index is -0.986. The molecule has 2 amide bonds. The van der Waals surface area contributed by atoms with Gasteiger partial charge in [0, 0.05) is 24.9 Å². The predicted molar refractivity (Wildman–Crippen MR) is 150 cm³/mol. The number of rotatable bonds is 10. The van der Waals surface area contributed by atoms with E-state index in [9.17, 15) is 19.5 Å². The highest BCUT2D eigenvalue weighted by molar-refractivity contribution is 5.87. The van der Waals surface area contributed by atoms with E-state index < -0.39 is 30.1 Å². The topological polar surface area (TPSA) is 105 Å². The van der Waals surface area contributed by atoms with E-state index >= 15 is 0 Å². The quantitative estimate of drug-likeness (QED) is 0.386. The highest BCUT2D eigenvalue weighted by atomic mass is 16.5. The summed E-state index contributed by atoms with van der Waals surface area (Å²) in [6.45, 7) is 4.43. The number of ether oxygens (including phenoxy) is 2. The summed E-state index contributed by atoms with van der Waals surface area (Å²) in [6, 6.07) is 24.8. The maximum Gasteiger partial charge on any atom is 0.407 e. The molecule has 0 aromatic heterocycles. The number of nitrogens with one attached hydrogen (secondary N) is 1. The van der Waals surface area contributed by atoms with Crippen LogP contribution in [-0.2, 0) is 25.7 Å². The molecule has 3 aromatic carbocycles. The molecule has 40 heavy (non-hydrogen) atoms. The number of likely N-dealkylation sites (tertiary alicyclic amines) is 1. The Balaban J connectivity index is 1.25. The van der Waals surface area contributed by atoms with Crippen molar-refractivity contribution >= 4 is 18.0 Å². The van der Waals surface area contributed by atoms with Crippen LogP contribution in [0.3, 0.4) is 0 Å². The number of carboxylic acids is 1. The van der Waals surface area contributed by atoms with Crippen molar-refractivity contribution < 1.29 is 29.0 Å². The molecule has 5 rings (SSSR count). The van der Waals surface area contributed by atoms with E-state index in [1.165, 1.54) is 0 Å². The summed E-state index contributed by atoms with van der Waals surface area (Å²) in [5, 5.41) is 12.1. The van der Waals surface area contributed by atoms with Crippen LogP contribution in [0.2, 0.25) is 0 Å². The van der Waals surface area contributed by atoms with Gasteiger partial charge in [-0.05, 0) is 34.7 Å². The molecule has 208 valence electrons. The van der Waals surface area contributed by atoms with Crippen molar-refractivity contribution in [3.8, 4) is 11.1 Å². The molecule has 3 atom stereocenters. The third-order valence-corrected chi connectivity index (χ3v) is 8.03. The maximum atomic E-state index is 13.5. The molecule has 0 bridgehead atoms. The standard InChI is InChI=1S/C32H34N2O6/c1-20(31(36)37)23-16-34(17-23)30(35)29(21(2)39-18-22-10-4-3-5-11-22)33-32(38)40-19-28-26-14-8-6-12-24(26)25-13-7-9-15-27(25)28/h3-15,20-21,23,28-29H,16-19H2,1-2H3,(H,33,38)(H,36,37). The van der Waals surface area contributed by atoms with E-state index in [1.54, 1.807) is 18.7 Å². The molecule has 2 N–H and O–H groups in total. The SMILES string of the molecule is CC(OCc1ccccc1)C(NC(=O)OCC1c2ccccc2-c2ccccc21)C(=O)N1CC(C(C)C(=O)O)C1. The highest BCUT2D eigenvalue weighted by Crippen LogP contribution is 2.44.